The Bertz CT molecular complexity index is 969. The van der Waals surface area contributed by atoms with Crippen molar-refractivity contribution in [2.45, 2.75) is 19.2 Å². The molecule has 0 saturated heterocycles. The summed E-state index contributed by atoms with van der Waals surface area (Å²) in [6, 6.07) is 10.7. The van der Waals surface area contributed by atoms with Crippen LogP contribution >= 0.6 is 23.1 Å². The first kappa shape index (κ1) is 20.9. The highest BCUT2D eigenvalue weighted by Gasteiger charge is 2.14. The van der Waals surface area contributed by atoms with Crippen molar-refractivity contribution in [1.82, 2.24) is 15.5 Å². The molecule has 3 rings (SSSR count). The molecule has 2 N–H and O–H groups in total. The molecular weight excluding hydrogens is 412 g/mol. The molecule has 1 aromatic carbocycles. The number of aryl methyl sites for hydroxylation is 1. The van der Waals surface area contributed by atoms with Crippen LogP contribution in [0.25, 0.3) is 0 Å². The van der Waals surface area contributed by atoms with E-state index in [1.54, 1.807) is 31.4 Å². The van der Waals surface area contributed by atoms with Gasteiger partial charge in [0.2, 0.25) is 10.9 Å². The van der Waals surface area contributed by atoms with Gasteiger partial charge in [-0.3, -0.25) is 9.59 Å². The van der Waals surface area contributed by atoms with Gasteiger partial charge in [0.1, 0.15) is 22.3 Å². The number of methoxy groups -OCH3 is 1. The van der Waals surface area contributed by atoms with Crippen LogP contribution in [0, 0.1) is 6.92 Å². The molecule has 0 bridgehead atoms. The summed E-state index contributed by atoms with van der Waals surface area (Å²) in [5, 5.41) is 14.5. The zero-order chi connectivity index (χ0) is 20.6. The largest absolute Gasteiger partial charge is 0.497 e. The Morgan fingerprint density at radius 1 is 1.17 bits per heavy atom. The molecule has 0 aliphatic rings. The first-order valence-corrected chi connectivity index (χ1v) is 10.7. The third-order valence-corrected chi connectivity index (χ3v) is 5.77. The summed E-state index contributed by atoms with van der Waals surface area (Å²) in [6.45, 7) is 2.22. The molecular formula is C19H20N4O4S2. The SMILES string of the molecule is COc1ccc(NC(=O)c2nnc(CSCC(=O)NCc3ccc(C)o3)s2)cc1. The lowest BCUT2D eigenvalue weighted by atomic mass is 10.3. The number of nitrogens with one attached hydrogen (secondary N) is 2. The Balaban J connectivity index is 1.41. The molecule has 29 heavy (non-hydrogen) atoms. The quantitative estimate of drug-likeness (QED) is 0.534. The van der Waals surface area contributed by atoms with Gasteiger partial charge in [-0.05, 0) is 43.3 Å². The van der Waals surface area contributed by atoms with E-state index in [1.807, 2.05) is 19.1 Å². The number of carbonyl (C=O) groups excluding carboxylic acids is 2. The van der Waals surface area contributed by atoms with Crippen molar-refractivity contribution in [1.29, 1.82) is 0 Å². The van der Waals surface area contributed by atoms with Crippen LogP contribution < -0.4 is 15.4 Å². The Hall–Kier alpha value is -2.85. The molecule has 8 nitrogen and oxygen atoms in total. The number of amides is 2. The predicted octanol–water partition coefficient (Wildman–Crippen LogP) is 3.25. The molecule has 0 aliphatic heterocycles. The number of aromatic nitrogens is 2. The molecule has 2 aromatic heterocycles. The highest BCUT2D eigenvalue weighted by atomic mass is 32.2. The summed E-state index contributed by atoms with van der Waals surface area (Å²) in [4.78, 5) is 24.2. The highest BCUT2D eigenvalue weighted by molar-refractivity contribution is 7.99. The number of benzene rings is 1. The van der Waals surface area contributed by atoms with Crippen molar-refractivity contribution >= 4 is 40.6 Å². The lowest BCUT2D eigenvalue weighted by Gasteiger charge is -2.04. The first-order valence-electron chi connectivity index (χ1n) is 8.71. The average Bonchev–Trinajstić information content (AvgIpc) is 3.36. The lowest BCUT2D eigenvalue weighted by Crippen LogP contribution is -2.24. The van der Waals surface area contributed by atoms with Crippen LogP contribution in [-0.2, 0) is 17.1 Å². The molecule has 0 spiro atoms. The van der Waals surface area contributed by atoms with Gasteiger partial charge in [-0.2, -0.15) is 0 Å². The normalized spacial score (nSPS) is 10.6. The van der Waals surface area contributed by atoms with Crippen LogP contribution in [0.1, 0.15) is 26.3 Å². The summed E-state index contributed by atoms with van der Waals surface area (Å²) in [6.07, 6.45) is 0. The van der Waals surface area contributed by atoms with E-state index in [0.29, 0.717) is 28.7 Å². The molecule has 3 aromatic rings. The number of rotatable bonds is 9. The van der Waals surface area contributed by atoms with Crippen LogP contribution in [0.5, 0.6) is 5.75 Å². The molecule has 0 saturated carbocycles. The van der Waals surface area contributed by atoms with Crippen LogP contribution in [0.3, 0.4) is 0 Å². The second-order valence-electron chi connectivity index (χ2n) is 5.97. The van der Waals surface area contributed by atoms with E-state index in [-0.39, 0.29) is 22.6 Å². The minimum absolute atomic E-state index is 0.0916. The summed E-state index contributed by atoms with van der Waals surface area (Å²) in [5.41, 5.74) is 0.644. The predicted molar refractivity (Wildman–Crippen MR) is 112 cm³/mol. The third kappa shape index (κ3) is 6.33. The molecule has 10 heteroatoms. The van der Waals surface area contributed by atoms with E-state index < -0.39 is 0 Å². The molecule has 0 fully saturated rings. The molecule has 2 amide bonds. The zero-order valence-corrected chi connectivity index (χ0v) is 17.6. The maximum Gasteiger partial charge on any atom is 0.286 e. The van der Waals surface area contributed by atoms with Crippen LogP contribution in [0.4, 0.5) is 5.69 Å². The second kappa shape index (κ2) is 10.1. The minimum atomic E-state index is -0.324. The Labute approximate surface area is 176 Å². The van der Waals surface area contributed by atoms with Crippen molar-refractivity contribution in [2.75, 3.05) is 18.2 Å². The van der Waals surface area contributed by atoms with Crippen LogP contribution in [0.15, 0.2) is 40.8 Å². The molecule has 0 atom stereocenters. The van der Waals surface area contributed by atoms with Gasteiger partial charge in [0.25, 0.3) is 5.91 Å². The zero-order valence-electron chi connectivity index (χ0n) is 15.9. The van der Waals surface area contributed by atoms with E-state index in [2.05, 4.69) is 20.8 Å². The van der Waals surface area contributed by atoms with Gasteiger partial charge in [0, 0.05) is 11.4 Å². The average molecular weight is 433 g/mol. The van der Waals surface area contributed by atoms with Gasteiger partial charge in [0.15, 0.2) is 0 Å². The van der Waals surface area contributed by atoms with Gasteiger partial charge in [-0.1, -0.05) is 11.3 Å². The van der Waals surface area contributed by atoms with Gasteiger partial charge >= 0.3 is 0 Å². The summed E-state index contributed by atoms with van der Waals surface area (Å²) >= 11 is 2.61. The summed E-state index contributed by atoms with van der Waals surface area (Å²) in [7, 11) is 1.58. The van der Waals surface area contributed by atoms with Crippen LogP contribution in [0.2, 0.25) is 0 Å². The van der Waals surface area contributed by atoms with Crippen molar-refractivity contribution in [2.24, 2.45) is 0 Å². The van der Waals surface area contributed by atoms with Crippen molar-refractivity contribution < 1.29 is 18.7 Å². The second-order valence-corrected chi connectivity index (χ2v) is 8.01. The standard InChI is InChI=1S/C19H20N4O4S2/c1-12-3-6-15(27-12)9-20-16(24)10-28-11-17-22-23-19(29-17)18(25)21-13-4-7-14(26-2)8-5-13/h3-8H,9-11H2,1-2H3,(H,20,24)(H,21,25). The van der Waals surface area contributed by atoms with E-state index in [0.717, 1.165) is 11.5 Å². The maximum absolute atomic E-state index is 12.3. The van der Waals surface area contributed by atoms with E-state index in [9.17, 15) is 9.59 Å². The minimum Gasteiger partial charge on any atom is -0.497 e. The van der Waals surface area contributed by atoms with Crippen molar-refractivity contribution in [3.05, 3.63) is 57.9 Å². The molecule has 0 aliphatic carbocycles. The fourth-order valence-electron chi connectivity index (χ4n) is 2.31. The van der Waals surface area contributed by atoms with E-state index >= 15 is 0 Å². The van der Waals surface area contributed by atoms with Gasteiger partial charge < -0.3 is 19.8 Å². The number of furan rings is 1. The number of thioether (sulfide) groups is 1. The monoisotopic (exact) mass is 432 g/mol. The first-order chi connectivity index (χ1) is 14.0. The molecule has 2 heterocycles. The topological polar surface area (TPSA) is 106 Å². The lowest BCUT2D eigenvalue weighted by molar-refractivity contribution is -0.118. The molecule has 0 radical (unpaired) electrons. The number of nitrogens with zero attached hydrogens (tertiary/aromatic N) is 2. The van der Waals surface area contributed by atoms with Gasteiger partial charge in [0.05, 0.1) is 19.4 Å². The number of hydrogen-bond acceptors (Lipinski definition) is 8. The number of anilines is 1. The van der Waals surface area contributed by atoms with E-state index in [1.165, 1.54) is 23.1 Å². The summed E-state index contributed by atoms with van der Waals surface area (Å²) < 4.78 is 10.5. The van der Waals surface area contributed by atoms with Gasteiger partial charge in [-0.15, -0.1) is 22.0 Å². The molecule has 152 valence electrons. The maximum atomic E-state index is 12.3. The molecule has 0 unspecified atom stereocenters. The van der Waals surface area contributed by atoms with E-state index in [4.69, 9.17) is 9.15 Å². The fourth-order valence-corrected chi connectivity index (χ4v) is 3.95. The fraction of sp³-hybridized carbons (Fsp3) is 0.263. The number of ether oxygens (including phenoxy) is 1. The summed E-state index contributed by atoms with van der Waals surface area (Å²) in [5.74, 6) is 2.61. The number of hydrogen-bond donors (Lipinski definition) is 2. The van der Waals surface area contributed by atoms with Crippen molar-refractivity contribution in [3.63, 3.8) is 0 Å². The van der Waals surface area contributed by atoms with Crippen LogP contribution in [-0.4, -0.2) is 34.9 Å². The Morgan fingerprint density at radius 3 is 2.66 bits per heavy atom. The smallest absolute Gasteiger partial charge is 0.286 e. The number of carbonyl (C=O) groups is 2. The van der Waals surface area contributed by atoms with Gasteiger partial charge in [-0.25, -0.2) is 0 Å². The Morgan fingerprint density at radius 2 is 1.97 bits per heavy atom. The Kier molecular flexibility index (Phi) is 7.25. The highest BCUT2D eigenvalue weighted by Crippen LogP contribution is 2.19. The third-order valence-electron chi connectivity index (χ3n) is 3.72. The van der Waals surface area contributed by atoms with Crippen molar-refractivity contribution in [3.8, 4) is 5.75 Å².